The number of rotatable bonds is 2. The van der Waals surface area contributed by atoms with Gasteiger partial charge >= 0.3 is 0 Å². The number of hydrogen-bond donors (Lipinski definition) is 2. The predicted octanol–water partition coefficient (Wildman–Crippen LogP) is -0.324. The fourth-order valence-corrected chi connectivity index (χ4v) is 0.658. The molecular weight excluding hydrogens is 144 g/mol. The van der Waals surface area contributed by atoms with Crippen molar-refractivity contribution in [2.75, 3.05) is 6.61 Å². The molecule has 4 nitrogen and oxygen atoms in total. The van der Waals surface area contributed by atoms with Crippen molar-refractivity contribution in [3.8, 4) is 0 Å². The van der Waals surface area contributed by atoms with Crippen molar-refractivity contribution in [3.63, 3.8) is 0 Å². The van der Waals surface area contributed by atoms with E-state index in [0.717, 1.165) is 0 Å². The Kier molecular flexibility index (Phi) is 2.16. The maximum absolute atomic E-state index is 9.44. The SMILES string of the molecule is C[C@@](O)(CO)c1cnccn1. The molecule has 0 radical (unpaired) electrons. The second kappa shape index (κ2) is 2.94. The highest BCUT2D eigenvalue weighted by molar-refractivity contribution is 5.05. The Labute approximate surface area is 64.6 Å². The van der Waals surface area contributed by atoms with E-state index in [-0.39, 0.29) is 6.61 Å². The fourth-order valence-electron chi connectivity index (χ4n) is 0.658. The lowest BCUT2D eigenvalue weighted by Crippen LogP contribution is -2.27. The summed E-state index contributed by atoms with van der Waals surface area (Å²) >= 11 is 0. The van der Waals surface area contributed by atoms with E-state index in [9.17, 15) is 5.11 Å². The fraction of sp³-hybridized carbons (Fsp3) is 0.429. The maximum Gasteiger partial charge on any atom is 0.128 e. The van der Waals surface area contributed by atoms with Crippen LogP contribution in [0.4, 0.5) is 0 Å². The maximum atomic E-state index is 9.44. The van der Waals surface area contributed by atoms with Crippen LogP contribution in [0.1, 0.15) is 12.6 Å². The van der Waals surface area contributed by atoms with E-state index in [1.165, 1.54) is 25.5 Å². The first-order valence-corrected chi connectivity index (χ1v) is 3.26. The molecule has 60 valence electrons. The lowest BCUT2D eigenvalue weighted by molar-refractivity contribution is -0.00615. The van der Waals surface area contributed by atoms with Gasteiger partial charge in [-0.25, -0.2) is 0 Å². The van der Waals surface area contributed by atoms with Gasteiger partial charge in [-0.3, -0.25) is 9.97 Å². The standard InChI is InChI=1S/C7H10N2O2/c1-7(11,5-10)6-4-8-2-3-9-6/h2-4,10-11H,5H2,1H3/t7-/m1/s1. The molecule has 1 aromatic heterocycles. The van der Waals surface area contributed by atoms with E-state index in [4.69, 9.17) is 5.11 Å². The topological polar surface area (TPSA) is 66.2 Å². The molecular formula is C7H10N2O2. The second-order valence-electron chi connectivity index (χ2n) is 2.52. The number of hydrogen-bond acceptors (Lipinski definition) is 4. The van der Waals surface area contributed by atoms with Crippen LogP contribution in [0.15, 0.2) is 18.6 Å². The molecule has 0 spiro atoms. The van der Waals surface area contributed by atoms with E-state index in [0.29, 0.717) is 5.69 Å². The molecule has 0 amide bonds. The van der Waals surface area contributed by atoms with Crippen molar-refractivity contribution in [2.24, 2.45) is 0 Å². The first kappa shape index (κ1) is 8.10. The summed E-state index contributed by atoms with van der Waals surface area (Å²) in [5.74, 6) is 0. The van der Waals surface area contributed by atoms with Crippen LogP contribution in [-0.2, 0) is 5.60 Å². The van der Waals surface area contributed by atoms with Crippen LogP contribution in [0.2, 0.25) is 0 Å². The molecule has 0 aliphatic heterocycles. The van der Waals surface area contributed by atoms with Gasteiger partial charge in [0.1, 0.15) is 5.60 Å². The lowest BCUT2D eigenvalue weighted by Gasteiger charge is -2.18. The molecule has 0 saturated heterocycles. The van der Waals surface area contributed by atoms with Crippen LogP contribution >= 0.6 is 0 Å². The Morgan fingerprint density at radius 3 is 2.73 bits per heavy atom. The highest BCUT2D eigenvalue weighted by atomic mass is 16.3. The van der Waals surface area contributed by atoms with E-state index >= 15 is 0 Å². The minimum Gasteiger partial charge on any atom is -0.393 e. The molecule has 0 saturated carbocycles. The van der Waals surface area contributed by atoms with Crippen molar-refractivity contribution in [3.05, 3.63) is 24.3 Å². The van der Waals surface area contributed by atoms with Gasteiger partial charge in [-0.1, -0.05) is 0 Å². The van der Waals surface area contributed by atoms with Gasteiger partial charge in [0, 0.05) is 12.4 Å². The van der Waals surface area contributed by atoms with Gasteiger partial charge in [0.25, 0.3) is 0 Å². The highest BCUT2D eigenvalue weighted by Gasteiger charge is 2.23. The summed E-state index contributed by atoms with van der Waals surface area (Å²) in [5, 5.41) is 18.2. The normalized spacial score (nSPS) is 15.9. The molecule has 0 fully saturated rings. The monoisotopic (exact) mass is 154 g/mol. The van der Waals surface area contributed by atoms with Crippen molar-refractivity contribution >= 4 is 0 Å². The van der Waals surface area contributed by atoms with Crippen LogP contribution in [0.25, 0.3) is 0 Å². The van der Waals surface area contributed by atoms with Crippen LogP contribution < -0.4 is 0 Å². The summed E-state index contributed by atoms with van der Waals surface area (Å²) in [6, 6.07) is 0. The minimum atomic E-state index is -1.28. The third kappa shape index (κ3) is 1.72. The zero-order valence-electron chi connectivity index (χ0n) is 6.23. The largest absolute Gasteiger partial charge is 0.393 e. The number of aliphatic hydroxyl groups excluding tert-OH is 1. The van der Waals surface area contributed by atoms with Crippen molar-refractivity contribution in [1.82, 2.24) is 9.97 Å². The smallest absolute Gasteiger partial charge is 0.128 e. The van der Waals surface area contributed by atoms with Crippen LogP contribution in [0, 0.1) is 0 Å². The van der Waals surface area contributed by atoms with Crippen molar-refractivity contribution in [1.29, 1.82) is 0 Å². The molecule has 1 heterocycles. The van der Waals surface area contributed by atoms with E-state index in [1.54, 1.807) is 0 Å². The number of nitrogens with zero attached hydrogens (tertiary/aromatic N) is 2. The number of aliphatic hydroxyl groups is 2. The summed E-state index contributed by atoms with van der Waals surface area (Å²) in [5.41, 5.74) is -0.906. The molecule has 0 aliphatic rings. The molecule has 11 heavy (non-hydrogen) atoms. The lowest BCUT2D eigenvalue weighted by atomic mass is 10.1. The zero-order chi connectivity index (χ0) is 8.32. The van der Waals surface area contributed by atoms with E-state index in [2.05, 4.69) is 9.97 Å². The molecule has 1 aromatic rings. The molecule has 0 unspecified atom stereocenters. The first-order valence-electron chi connectivity index (χ1n) is 3.26. The summed E-state index contributed by atoms with van der Waals surface area (Å²) in [4.78, 5) is 7.61. The van der Waals surface area contributed by atoms with Crippen LogP contribution in [-0.4, -0.2) is 26.8 Å². The molecule has 0 bridgehead atoms. The van der Waals surface area contributed by atoms with Crippen LogP contribution in [0.5, 0.6) is 0 Å². The van der Waals surface area contributed by atoms with Gasteiger partial charge < -0.3 is 10.2 Å². The van der Waals surface area contributed by atoms with E-state index < -0.39 is 5.60 Å². The molecule has 0 aliphatic carbocycles. The van der Waals surface area contributed by atoms with Crippen molar-refractivity contribution < 1.29 is 10.2 Å². The van der Waals surface area contributed by atoms with Gasteiger partial charge in [-0.2, -0.15) is 0 Å². The average Bonchev–Trinajstić information content (AvgIpc) is 2.06. The minimum absolute atomic E-state index is 0.355. The van der Waals surface area contributed by atoms with E-state index in [1.807, 2.05) is 0 Å². The Balaban J connectivity index is 2.93. The zero-order valence-corrected chi connectivity index (χ0v) is 6.23. The molecule has 2 N–H and O–H groups in total. The predicted molar refractivity (Wildman–Crippen MR) is 38.7 cm³/mol. The molecule has 0 aromatic carbocycles. The van der Waals surface area contributed by atoms with Gasteiger partial charge in [0.2, 0.25) is 0 Å². The van der Waals surface area contributed by atoms with Gasteiger partial charge in [-0.05, 0) is 6.92 Å². The molecule has 1 rings (SSSR count). The Morgan fingerprint density at radius 1 is 1.55 bits per heavy atom. The third-order valence-corrected chi connectivity index (χ3v) is 1.42. The average molecular weight is 154 g/mol. The third-order valence-electron chi connectivity index (χ3n) is 1.42. The first-order chi connectivity index (χ1) is 5.17. The van der Waals surface area contributed by atoms with Crippen molar-refractivity contribution in [2.45, 2.75) is 12.5 Å². The Bertz CT molecular complexity index is 223. The summed E-state index contributed by atoms with van der Waals surface area (Å²) in [6.45, 7) is 1.13. The Hall–Kier alpha value is -1.00. The Morgan fingerprint density at radius 2 is 2.27 bits per heavy atom. The summed E-state index contributed by atoms with van der Waals surface area (Å²) < 4.78 is 0. The second-order valence-corrected chi connectivity index (χ2v) is 2.52. The number of aromatic nitrogens is 2. The summed E-state index contributed by atoms with van der Waals surface area (Å²) in [6.07, 6.45) is 4.41. The molecule has 1 atom stereocenters. The van der Waals surface area contributed by atoms with Gasteiger partial charge in [-0.15, -0.1) is 0 Å². The van der Waals surface area contributed by atoms with Gasteiger partial charge in [0.05, 0.1) is 18.5 Å². The molecule has 4 heteroatoms. The summed E-state index contributed by atoms with van der Waals surface area (Å²) in [7, 11) is 0. The van der Waals surface area contributed by atoms with Crippen LogP contribution in [0.3, 0.4) is 0 Å². The van der Waals surface area contributed by atoms with Gasteiger partial charge in [0.15, 0.2) is 0 Å². The highest BCUT2D eigenvalue weighted by Crippen LogP contribution is 2.14. The quantitative estimate of drug-likeness (QED) is 0.612.